The molecule has 2 aromatic carbocycles. The van der Waals surface area contributed by atoms with E-state index in [0.717, 1.165) is 48.1 Å². The second kappa shape index (κ2) is 7.04. The minimum absolute atomic E-state index is 0.0900. The summed E-state index contributed by atoms with van der Waals surface area (Å²) in [6.45, 7) is 8.71. The molecule has 1 aliphatic heterocycles. The highest BCUT2D eigenvalue weighted by atomic mass is 16.1. The van der Waals surface area contributed by atoms with Crippen molar-refractivity contribution in [2.75, 3.05) is 31.1 Å². The molecule has 0 saturated carbocycles. The van der Waals surface area contributed by atoms with Crippen LogP contribution < -0.4 is 10.5 Å². The molecule has 6 nitrogen and oxygen atoms in total. The van der Waals surface area contributed by atoms with Gasteiger partial charge in [0.25, 0.3) is 5.56 Å². The van der Waals surface area contributed by atoms with Gasteiger partial charge in [0.2, 0.25) is 5.95 Å². The maximum absolute atomic E-state index is 12.6. The molecule has 29 heavy (non-hydrogen) atoms. The SMILES string of the molecule is CC(C)N1CCN(c2ccc3nc(-n4c(=O)ccc5ccccc54)[nH]c3c2)CC1. The third-order valence-corrected chi connectivity index (χ3v) is 5.88. The zero-order valence-corrected chi connectivity index (χ0v) is 16.8. The number of para-hydroxylation sites is 1. The Labute approximate surface area is 169 Å². The average molecular weight is 387 g/mol. The highest BCUT2D eigenvalue weighted by molar-refractivity contribution is 5.83. The third-order valence-electron chi connectivity index (χ3n) is 5.88. The van der Waals surface area contributed by atoms with Crippen LogP contribution >= 0.6 is 0 Å². The first-order chi connectivity index (χ1) is 14.1. The second-order valence-electron chi connectivity index (χ2n) is 7.94. The summed E-state index contributed by atoms with van der Waals surface area (Å²) in [5, 5.41) is 1.01. The number of nitrogens with one attached hydrogen (secondary N) is 1. The Hall–Kier alpha value is -3.12. The van der Waals surface area contributed by atoms with E-state index < -0.39 is 0 Å². The predicted octanol–water partition coefficient (Wildman–Crippen LogP) is 3.40. The largest absolute Gasteiger partial charge is 0.369 e. The topological polar surface area (TPSA) is 57.2 Å². The van der Waals surface area contributed by atoms with Crippen LogP contribution in [0.4, 0.5) is 5.69 Å². The molecule has 3 heterocycles. The number of piperazine rings is 1. The van der Waals surface area contributed by atoms with Crippen LogP contribution in [0.5, 0.6) is 0 Å². The van der Waals surface area contributed by atoms with Crippen LogP contribution in [-0.2, 0) is 0 Å². The van der Waals surface area contributed by atoms with E-state index >= 15 is 0 Å². The van der Waals surface area contributed by atoms with Gasteiger partial charge in [-0.05, 0) is 49.6 Å². The van der Waals surface area contributed by atoms with Gasteiger partial charge in [-0.3, -0.25) is 9.69 Å². The number of nitrogens with zero attached hydrogens (tertiary/aromatic N) is 4. The maximum Gasteiger partial charge on any atom is 0.257 e. The first-order valence-electron chi connectivity index (χ1n) is 10.2. The summed E-state index contributed by atoms with van der Waals surface area (Å²) in [7, 11) is 0. The van der Waals surface area contributed by atoms with E-state index in [4.69, 9.17) is 4.98 Å². The molecule has 2 aromatic heterocycles. The normalized spacial score (nSPS) is 15.6. The smallest absolute Gasteiger partial charge is 0.257 e. The van der Waals surface area contributed by atoms with Crippen molar-refractivity contribution in [3.05, 3.63) is 65.0 Å². The summed E-state index contributed by atoms with van der Waals surface area (Å²) >= 11 is 0. The fourth-order valence-corrected chi connectivity index (χ4v) is 4.19. The molecular weight excluding hydrogens is 362 g/mol. The van der Waals surface area contributed by atoms with Crippen LogP contribution in [0, 0.1) is 0 Å². The van der Waals surface area contributed by atoms with E-state index in [1.165, 1.54) is 5.69 Å². The number of hydrogen-bond acceptors (Lipinski definition) is 4. The molecule has 4 aromatic rings. The highest BCUT2D eigenvalue weighted by Crippen LogP contribution is 2.24. The van der Waals surface area contributed by atoms with Gasteiger partial charge in [0, 0.05) is 44.0 Å². The maximum atomic E-state index is 12.6. The molecule has 0 radical (unpaired) electrons. The van der Waals surface area contributed by atoms with Crippen LogP contribution in [0.1, 0.15) is 13.8 Å². The van der Waals surface area contributed by atoms with Crippen molar-refractivity contribution >= 4 is 27.6 Å². The van der Waals surface area contributed by atoms with E-state index in [9.17, 15) is 4.79 Å². The molecule has 0 amide bonds. The molecule has 5 rings (SSSR count). The van der Waals surface area contributed by atoms with E-state index in [-0.39, 0.29) is 5.56 Å². The summed E-state index contributed by atoms with van der Waals surface area (Å²) < 4.78 is 1.65. The molecule has 0 aliphatic carbocycles. The molecular formula is C23H25N5O. The number of aromatic amines is 1. The van der Waals surface area contributed by atoms with Gasteiger partial charge in [0.15, 0.2) is 0 Å². The fraction of sp³-hybridized carbons (Fsp3) is 0.304. The zero-order valence-electron chi connectivity index (χ0n) is 16.8. The van der Waals surface area contributed by atoms with Crippen LogP contribution in [0.3, 0.4) is 0 Å². The molecule has 1 fully saturated rings. The first-order valence-corrected chi connectivity index (χ1v) is 10.2. The van der Waals surface area contributed by atoms with Gasteiger partial charge >= 0.3 is 0 Å². The number of H-pyrrole nitrogens is 1. The summed E-state index contributed by atoms with van der Waals surface area (Å²) in [6, 6.07) is 18.2. The first kappa shape index (κ1) is 17.9. The van der Waals surface area contributed by atoms with Gasteiger partial charge in [-0.1, -0.05) is 18.2 Å². The van der Waals surface area contributed by atoms with E-state index in [2.05, 4.69) is 40.8 Å². The van der Waals surface area contributed by atoms with Crippen molar-refractivity contribution in [2.45, 2.75) is 19.9 Å². The molecule has 0 unspecified atom stereocenters. The van der Waals surface area contributed by atoms with Crippen LogP contribution in [0.2, 0.25) is 0 Å². The molecule has 0 bridgehead atoms. The summed E-state index contributed by atoms with van der Waals surface area (Å²) in [5.41, 5.74) is 3.77. The molecule has 6 heteroatoms. The number of fused-ring (bicyclic) bond motifs is 2. The Bertz CT molecular complexity index is 1230. The van der Waals surface area contributed by atoms with Crippen molar-refractivity contribution in [3.8, 4) is 5.95 Å². The molecule has 0 atom stereocenters. The second-order valence-corrected chi connectivity index (χ2v) is 7.94. The lowest BCUT2D eigenvalue weighted by Gasteiger charge is -2.38. The summed E-state index contributed by atoms with van der Waals surface area (Å²) in [6.07, 6.45) is 0. The van der Waals surface area contributed by atoms with Crippen molar-refractivity contribution in [2.24, 2.45) is 0 Å². The van der Waals surface area contributed by atoms with Crippen LogP contribution in [-0.4, -0.2) is 51.7 Å². The van der Waals surface area contributed by atoms with Crippen molar-refractivity contribution in [1.82, 2.24) is 19.4 Å². The van der Waals surface area contributed by atoms with Gasteiger partial charge in [0.05, 0.1) is 16.6 Å². The summed E-state index contributed by atoms with van der Waals surface area (Å²) in [4.78, 5) is 25.6. The molecule has 0 spiro atoms. The van der Waals surface area contributed by atoms with E-state index in [1.54, 1.807) is 10.6 Å². The Kier molecular flexibility index (Phi) is 4.36. The van der Waals surface area contributed by atoms with Crippen molar-refractivity contribution in [1.29, 1.82) is 0 Å². The molecule has 1 saturated heterocycles. The van der Waals surface area contributed by atoms with Crippen molar-refractivity contribution < 1.29 is 0 Å². The lowest BCUT2D eigenvalue weighted by atomic mass is 10.2. The summed E-state index contributed by atoms with van der Waals surface area (Å²) in [5.74, 6) is 0.559. The van der Waals surface area contributed by atoms with Gasteiger partial charge in [-0.15, -0.1) is 0 Å². The molecule has 1 N–H and O–H groups in total. The quantitative estimate of drug-likeness (QED) is 0.585. The molecule has 148 valence electrons. The lowest BCUT2D eigenvalue weighted by molar-refractivity contribution is 0.209. The Morgan fingerprint density at radius 1 is 0.966 bits per heavy atom. The molecule has 1 aliphatic rings. The number of rotatable bonds is 3. The minimum Gasteiger partial charge on any atom is -0.369 e. The van der Waals surface area contributed by atoms with E-state index in [0.29, 0.717) is 12.0 Å². The Balaban J connectivity index is 1.51. The van der Waals surface area contributed by atoms with Crippen LogP contribution in [0.25, 0.3) is 27.9 Å². The van der Waals surface area contributed by atoms with Gasteiger partial charge in [0.1, 0.15) is 0 Å². The number of benzene rings is 2. The zero-order chi connectivity index (χ0) is 20.0. The third kappa shape index (κ3) is 3.19. The van der Waals surface area contributed by atoms with Gasteiger partial charge < -0.3 is 9.88 Å². The predicted molar refractivity (Wildman–Crippen MR) is 118 cm³/mol. The Morgan fingerprint density at radius 3 is 2.55 bits per heavy atom. The minimum atomic E-state index is -0.0900. The Morgan fingerprint density at radius 2 is 1.76 bits per heavy atom. The fourth-order valence-electron chi connectivity index (χ4n) is 4.19. The number of imidazole rings is 1. The van der Waals surface area contributed by atoms with Gasteiger partial charge in [-0.2, -0.15) is 0 Å². The number of anilines is 1. The number of aromatic nitrogens is 3. The number of hydrogen-bond donors (Lipinski definition) is 1. The van der Waals surface area contributed by atoms with Crippen LogP contribution in [0.15, 0.2) is 59.4 Å². The highest BCUT2D eigenvalue weighted by Gasteiger charge is 2.19. The standard InChI is InChI=1S/C23H25N5O/c1-16(2)26-11-13-27(14-12-26)18-8-9-19-20(15-18)25-23(24-19)28-21-6-4-3-5-17(21)7-10-22(28)29/h3-10,15-16H,11-14H2,1-2H3,(H,24,25). The number of pyridine rings is 1. The van der Waals surface area contributed by atoms with Gasteiger partial charge in [-0.25, -0.2) is 9.55 Å². The lowest BCUT2D eigenvalue weighted by Crippen LogP contribution is -2.48. The average Bonchev–Trinajstić information content (AvgIpc) is 3.16. The van der Waals surface area contributed by atoms with E-state index in [1.807, 2.05) is 36.4 Å². The monoisotopic (exact) mass is 387 g/mol. The van der Waals surface area contributed by atoms with Crippen molar-refractivity contribution in [3.63, 3.8) is 0 Å².